The predicted octanol–water partition coefficient (Wildman–Crippen LogP) is -0.368. The Morgan fingerprint density at radius 3 is 2.40 bits per heavy atom. The second-order valence-corrected chi connectivity index (χ2v) is 2.42. The van der Waals surface area contributed by atoms with Gasteiger partial charge in [-0.2, -0.15) is 0 Å². The smallest absolute Gasteiger partial charge is 0.0949 e. The van der Waals surface area contributed by atoms with E-state index < -0.39 is 18.2 Å². The van der Waals surface area contributed by atoms with Crippen LogP contribution in [0.4, 0.5) is 0 Å². The molecule has 4 N–H and O–H groups in total. The number of nitrogens with two attached hydrogens (primary N) is 1. The molecule has 0 aliphatic rings. The second-order valence-electron chi connectivity index (χ2n) is 2.42. The Bertz CT molecular complexity index is 104. The second kappa shape index (κ2) is 4.44. The van der Waals surface area contributed by atoms with Crippen molar-refractivity contribution in [1.29, 1.82) is 0 Å². The van der Waals surface area contributed by atoms with Crippen LogP contribution in [-0.4, -0.2) is 28.5 Å². The molecular formula is C7H15NO2. The summed E-state index contributed by atoms with van der Waals surface area (Å²) in [6, 6.07) is -0.405. The van der Waals surface area contributed by atoms with E-state index in [4.69, 9.17) is 15.9 Å². The number of aliphatic hydroxyl groups excluding tert-OH is 2. The van der Waals surface area contributed by atoms with Crippen molar-refractivity contribution in [1.82, 2.24) is 0 Å². The number of hydrogen-bond acceptors (Lipinski definition) is 3. The normalized spacial score (nSPS) is 19.6. The Morgan fingerprint density at radius 2 is 2.10 bits per heavy atom. The van der Waals surface area contributed by atoms with Gasteiger partial charge >= 0.3 is 0 Å². The van der Waals surface area contributed by atoms with Crippen LogP contribution in [-0.2, 0) is 0 Å². The Labute approximate surface area is 61.2 Å². The molecular weight excluding hydrogens is 130 g/mol. The third-order valence-corrected chi connectivity index (χ3v) is 1.37. The van der Waals surface area contributed by atoms with E-state index in [1.807, 2.05) is 0 Å². The predicted molar refractivity (Wildman–Crippen MR) is 40.5 cm³/mol. The van der Waals surface area contributed by atoms with Gasteiger partial charge in [0.15, 0.2) is 0 Å². The fraction of sp³-hybridized carbons (Fsp3) is 0.714. The zero-order valence-electron chi connectivity index (χ0n) is 6.20. The van der Waals surface area contributed by atoms with Gasteiger partial charge in [-0.1, -0.05) is 6.08 Å². The van der Waals surface area contributed by atoms with Crippen LogP contribution in [0.15, 0.2) is 12.7 Å². The summed E-state index contributed by atoms with van der Waals surface area (Å²) in [5, 5.41) is 18.0. The monoisotopic (exact) mass is 145 g/mol. The van der Waals surface area contributed by atoms with E-state index in [-0.39, 0.29) is 0 Å². The average molecular weight is 145 g/mol. The number of rotatable bonds is 4. The Balaban J connectivity index is 3.68. The van der Waals surface area contributed by atoms with E-state index >= 15 is 0 Å². The standard InChI is InChI=1S/C7H15NO2/c1-3-4-6(8)7(10)5(2)9/h3,5-7,9-10H,1,4,8H2,2H3/t5-,6+,7+/m0/s1. The lowest BCUT2D eigenvalue weighted by Crippen LogP contribution is -2.41. The first-order chi connectivity index (χ1) is 4.59. The van der Waals surface area contributed by atoms with Crippen molar-refractivity contribution in [3.8, 4) is 0 Å². The number of aliphatic hydroxyl groups is 2. The third-order valence-electron chi connectivity index (χ3n) is 1.37. The topological polar surface area (TPSA) is 66.5 Å². The van der Waals surface area contributed by atoms with E-state index in [9.17, 15) is 0 Å². The highest BCUT2D eigenvalue weighted by molar-refractivity contribution is 4.82. The summed E-state index contributed by atoms with van der Waals surface area (Å²) in [5.74, 6) is 0. The maximum Gasteiger partial charge on any atom is 0.0949 e. The van der Waals surface area contributed by atoms with Crippen LogP contribution in [0.3, 0.4) is 0 Å². The molecule has 0 radical (unpaired) electrons. The van der Waals surface area contributed by atoms with Gasteiger partial charge in [-0.15, -0.1) is 6.58 Å². The molecule has 0 rings (SSSR count). The van der Waals surface area contributed by atoms with E-state index in [2.05, 4.69) is 6.58 Å². The summed E-state index contributed by atoms with van der Waals surface area (Å²) in [5.41, 5.74) is 5.45. The largest absolute Gasteiger partial charge is 0.391 e. The van der Waals surface area contributed by atoms with Gasteiger partial charge in [0.05, 0.1) is 12.2 Å². The molecule has 3 atom stereocenters. The Hall–Kier alpha value is -0.380. The van der Waals surface area contributed by atoms with Crippen LogP contribution in [0.5, 0.6) is 0 Å². The van der Waals surface area contributed by atoms with Crippen LogP contribution < -0.4 is 5.73 Å². The van der Waals surface area contributed by atoms with Crippen molar-refractivity contribution in [3.63, 3.8) is 0 Å². The quantitative estimate of drug-likeness (QED) is 0.473. The van der Waals surface area contributed by atoms with Crippen LogP contribution in [0.2, 0.25) is 0 Å². The van der Waals surface area contributed by atoms with Gasteiger partial charge in [-0.05, 0) is 13.3 Å². The van der Waals surface area contributed by atoms with Crippen molar-refractivity contribution in [2.75, 3.05) is 0 Å². The molecule has 0 saturated carbocycles. The van der Waals surface area contributed by atoms with E-state index in [1.165, 1.54) is 6.92 Å². The van der Waals surface area contributed by atoms with E-state index in [1.54, 1.807) is 6.08 Å². The Morgan fingerprint density at radius 1 is 1.60 bits per heavy atom. The van der Waals surface area contributed by atoms with Gasteiger partial charge in [0, 0.05) is 6.04 Å². The van der Waals surface area contributed by atoms with Gasteiger partial charge in [0.25, 0.3) is 0 Å². The molecule has 0 saturated heterocycles. The minimum absolute atomic E-state index is 0.405. The highest BCUT2D eigenvalue weighted by atomic mass is 16.3. The average Bonchev–Trinajstić information content (AvgIpc) is 1.87. The SMILES string of the molecule is C=CC[C@@H](N)[C@H](O)[C@H](C)O. The van der Waals surface area contributed by atoms with Gasteiger partial charge in [-0.3, -0.25) is 0 Å². The van der Waals surface area contributed by atoms with Crippen LogP contribution in [0.25, 0.3) is 0 Å². The maximum absolute atomic E-state index is 9.10. The summed E-state index contributed by atoms with van der Waals surface area (Å²) < 4.78 is 0. The molecule has 0 fully saturated rings. The number of hydrogen-bond donors (Lipinski definition) is 3. The maximum atomic E-state index is 9.10. The summed E-state index contributed by atoms with van der Waals surface area (Å²) in [4.78, 5) is 0. The lowest BCUT2D eigenvalue weighted by atomic mass is 10.0. The molecule has 10 heavy (non-hydrogen) atoms. The summed E-state index contributed by atoms with van der Waals surface area (Å²) >= 11 is 0. The summed E-state index contributed by atoms with van der Waals surface area (Å²) in [7, 11) is 0. The molecule has 0 aliphatic carbocycles. The van der Waals surface area contributed by atoms with Crippen molar-refractivity contribution in [2.45, 2.75) is 31.6 Å². The molecule has 0 heterocycles. The first-order valence-corrected chi connectivity index (χ1v) is 3.32. The van der Waals surface area contributed by atoms with Crippen molar-refractivity contribution in [2.24, 2.45) is 5.73 Å². The molecule has 3 heteroatoms. The molecule has 60 valence electrons. The fourth-order valence-electron chi connectivity index (χ4n) is 0.690. The molecule has 3 nitrogen and oxygen atoms in total. The van der Waals surface area contributed by atoms with Crippen molar-refractivity contribution in [3.05, 3.63) is 12.7 Å². The van der Waals surface area contributed by atoms with E-state index in [0.29, 0.717) is 6.42 Å². The molecule has 0 aromatic heterocycles. The molecule has 0 spiro atoms. The first kappa shape index (κ1) is 9.62. The minimum atomic E-state index is -0.849. The van der Waals surface area contributed by atoms with Gasteiger partial charge < -0.3 is 15.9 Å². The van der Waals surface area contributed by atoms with Gasteiger partial charge in [0.1, 0.15) is 0 Å². The van der Waals surface area contributed by atoms with Crippen LogP contribution in [0.1, 0.15) is 13.3 Å². The van der Waals surface area contributed by atoms with Crippen LogP contribution in [0, 0.1) is 0 Å². The zero-order valence-corrected chi connectivity index (χ0v) is 6.20. The minimum Gasteiger partial charge on any atom is -0.391 e. The van der Waals surface area contributed by atoms with Crippen molar-refractivity contribution >= 4 is 0 Å². The fourth-order valence-corrected chi connectivity index (χ4v) is 0.690. The van der Waals surface area contributed by atoms with Crippen LogP contribution >= 0.6 is 0 Å². The Kier molecular flexibility index (Phi) is 4.27. The first-order valence-electron chi connectivity index (χ1n) is 3.32. The lowest BCUT2D eigenvalue weighted by molar-refractivity contribution is 0.0158. The molecule has 0 amide bonds. The highest BCUT2D eigenvalue weighted by Crippen LogP contribution is 2.00. The zero-order chi connectivity index (χ0) is 8.15. The molecule has 0 bridgehead atoms. The highest BCUT2D eigenvalue weighted by Gasteiger charge is 2.17. The third kappa shape index (κ3) is 2.96. The lowest BCUT2D eigenvalue weighted by Gasteiger charge is -2.19. The van der Waals surface area contributed by atoms with Crippen molar-refractivity contribution < 1.29 is 10.2 Å². The molecule has 0 unspecified atom stereocenters. The van der Waals surface area contributed by atoms with E-state index in [0.717, 1.165) is 0 Å². The van der Waals surface area contributed by atoms with Gasteiger partial charge in [0.2, 0.25) is 0 Å². The summed E-state index contributed by atoms with van der Waals surface area (Å²) in [6.07, 6.45) is 0.524. The van der Waals surface area contributed by atoms with Gasteiger partial charge in [-0.25, -0.2) is 0 Å². The molecule has 0 aromatic rings. The molecule has 0 aliphatic heterocycles. The molecule has 0 aromatic carbocycles. The summed E-state index contributed by atoms with van der Waals surface area (Å²) in [6.45, 7) is 4.98.